The van der Waals surface area contributed by atoms with Crippen LogP contribution < -0.4 is 5.73 Å². The van der Waals surface area contributed by atoms with Crippen molar-refractivity contribution in [1.82, 2.24) is 0 Å². The summed E-state index contributed by atoms with van der Waals surface area (Å²) in [6, 6.07) is 1.97. The Morgan fingerprint density at radius 3 is 2.14 bits per heavy atom. The van der Waals surface area contributed by atoms with E-state index >= 15 is 0 Å². The summed E-state index contributed by atoms with van der Waals surface area (Å²) in [6.07, 6.45) is 1.07. The minimum Gasteiger partial charge on any atom is -0.328 e. The number of hydrogen-bond donors (Lipinski definition) is 1. The van der Waals surface area contributed by atoms with Gasteiger partial charge in [0.2, 0.25) is 0 Å². The Kier molecular flexibility index (Phi) is 3.52. The Bertz CT molecular complexity index is 300. The topological polar surface area (TPSA) is 26.0 Å². The standard InChI is InChI=1S/C10H12F3N/c1-6(14)2-3-7-4-8(11)10(13)9(12)5-7/h4-6H,2-3,14H2,1H3/t6-/m0/s1. The van der Waals surface area contributed by atoms with Gasteiger partial charge in [0.15, 0.2) is 17.5 Å². The summed E-state index contributed by atoms with van der Waals surface area (Å²) in [6.45, 7) is 1.80. The van der Waals surface area contributed by atoms with E-state index in [1.807, 2.05) is 0 Å². The van der Waals surface area contributed by atoms with Crippen LogP contribution in [0.4, 0.5) is 13.2 Å². The van der Waals surface area contributed by atoms with E-state index in [1.54, 1.807) is 6.92 Å². The zero-order valence-corrected chi connectivity index (χ0v) is 7.86. The van der Waals surface area contributed by atoms with Gasteiger partial charge in [-0.3, -0.25) is 0 Å². The molecule has 0 radical (unpaired) electrons. The zero-order valence-electron chi connectivity index (χ0n) is 7.86. The van der Waals surface area contributed by atoms with Crippen molar-refractivity contribution in [3.05, 3.63) is 35.1 Å². The second-order valence-corrected chi connectivity index (χ2v) is 3.39. The Balaban J connectivity index is 2.79. The number of hydrogen-bond acceptors (Lipinski definition) is 1. The molecule has 0 aliphatic rings. The molecule has 0 fully saturated rings. The van der Waals surface area contributed by atoms with Crippen molar-refractivity contribution < 1.29 is 13.2 Å². The van der Waals surface area contributed by atoms with E-state index in [9.17, 15) is 13.2 Å². The van der Waals surface area contributed by atoms with Gasteiger partial charge in [0.05, 0.1) is 0 Å². The van der Waals surface area contributed by atoms with Crippen molar-refractivity contribution in [3.63, 3.8) is 0 Å². The highest BCUT2D eigenvalue weighted by Gasteiger charge is 2.10. The molecule has 1 aromatic carbocycles. The monoisotopic (exact) mass is 203 g/mol. The molecule has 0 saturated heterocycles. The van der Waals surface area contributed by atoms with Gasteiger partial charge < -0.3 is 5.73 Å². The molecule has 1 atom stereocenters. The van der Waals surface area contributed by atoms with Crippen molar-refractivity contribution in [2.75, 3.05) is 0 Å². The molecular formula is C10H12F3N. The zero-order chi connectivity index (χ0) is 10.7. The molecule has 14 heavy (non-hydrogen) atoms. The number of benzene rings is 1. The van der Waals surface area contributed by atoms with Gasteiger partial charge in [-0.2, -0.15) is 0 Å². The minimum atomic E-state index is -1.42. The molecule has 78 valence electrons. The van der Waals surface area contributed by atoms with Crippen LogP contribution >= 0.6 is 0 Å². The van der Waals surface area contributed by atoms with Crippen LogP contribution in [0.2, 0.25) is 0 Å². The number of rotatable bonds is 3. The third-order valence-electron chi connectivity index (χ3n) is 1.93. The van der Waals surface area contributed by atoms with Gasteiger partial charge >= 0.3 is 0 Å². The van der Waals surface area contributed by atoms with E-state index in [1.165, 1.54) is 0 Å². The predicted octanol–water partition coefficient (Wildman–Crippen LogP) is 2.38. The molecule has 0 aromatic heterocycles. The Morgan fingerprint density at radius 1 is 1.21 bits per heavy atom. The maximum absolute atomic E-state index is 12.7. The molecule has 0 saturated carbocycles. The van der Waals surface area contributed by atoms with Crippen LogP contribution in [-0.4, -0.2) is 6.04 Å². The third kappa shape index (κ3) is 2.73. The average Bonchev–Trinajstić information content (AvgIpc) is 2.10. The largest absolute Gasteiger partial charge is 0.328 e. The molecule has 1 rings (SSSR count). The molecule has 0 heterocycles. The first-order chi connectivity index (χ1) is 6.50. The first-order valence-electron chi connectivity index (χ1n) is 4.39. The van der Waals surface area contributed by atoms with Gasteiger partial charge in [0, 0.05) is 6.04 Å². The van der Waals surface area contributed by atoms with Crippen molar-refractivity contribution >= 4 is 0 Å². The van der Waals surface area contributed by atoms with E-state index in [-0.39, 0.29) is 6.04 Å². The van der Waals surface area contributed by atoms with Gasteiger partial charge in [0.1, 0.15) is 0 Å². The second kappa shape index (κ2) is 4.46. The summed E-state index contributed by atoms with van der Waals surface area (Å²) in [5.74, 6) is -3.72. The summed E-state index contributed by atoms with van der Waals surface area (Å²) >= 11 is 0. The van der Waals surface area contributed by atoms with Crippen molar-refractivity contribution in [2.45, 2.75) is 25.8 Å². The SMILES string of the molecule is C[C@H](N)CCc1cc(F)c(F)c(F)c1. The lowest BCUT2D eigenvalue weighted by molar-refractivity contribution is 0.444. The van der Waals surface area contributed by atoms with Crippen molar-refractivity contribution in [2.24, 2.45) is 5.73 Å². The van der Waals surface area contributed by atoms with Gasteiger partial charge in [-0.15, -0.1) is 0 Å². The van der Waals surface area contributed by atoms with E-state index in [2.05, 4.69) is 0 Å². The summed E-state index contributed by atoms with van der Waals surface area (Å²) in [7, 11) is 0. The minimum absolute atomic E-state index is 0.0359. The average molecular weight is 203 g/mol. The smallest absolute Gasteiger partial charge is 0.194 e. The van der Waals surface area contributed by atoms with Gasteiger partial charge in [0.25, 0.3) is 0 Å². The molecule has 1 aromatic rings. The molecule has 0 aliphatic heterocycles. The fourth-order valence-electron chi connectivity index (χ4n) is 1.15. The van der Waals surface area contributed by atoms with Crippen molar-refractivity contribution in [1.29, 1.82) is 0 Å². The first kappa shape index (κ1) is 11.0. The van der Waals surface area contributed by atoms with E-state index in [4.69, 9.17) is 5.73 Å². The highest BCUT2D eigenvalue weighted by atomic mass is 19.2. The van der Waals surface area contributed by atoms with Crippen LogP contribution in [0.1, 0.15) is 18.9 Å². The molecule has 0 spiro atoms. The van der Waals surface area contributed by atoms with E-state index in [0.29, 0.717) is 18.4 Å². The molecule has 0 unspecified atom stereocenters. The quantitative estimate of drug-likeness (QED) is 0.750. The van der Waals surface area contributed by atoms with Crippen LogP contribution in [0.5, 0.6) is 0 Å². The molecule has 0 amide bonds. The van der Waals surface area contributed by atoms with Gasteiger partial charge in [-0.1, -0.05) is 0 Å². The van der Waals surface area contributed by atoms with Gasteiger partial charge in [-0.05, 0) is 37.5 Å². The summed E-state index contributed by atoms with van der Waals surface area (Å²) in [5, 5.41) is 0. The lowest BCUT2D eigenvalue weighted by atomic mass is 10.1. The Morgan fingerprint density at radius 2 is 1.71 bits per heavy atom. The number of nitrogens with two attached hydrogens (primary N) is 1. The third-order valence-corrected chi connectivity index (χ3v) is 1.93. The number of aryl methyl sites for hydroxylation is 1. The lowest BCUT2D eigenvalue weighted by Gasteiger charge is -2.05. The fraction of sp³-hybridized carbons (Fsp3) is 0.400. The molecular weight excluding hydrogens is 191 g/mol. The van der Waals surface area contributed by atoms with Crippen LogP contribution in [0, 0.1) is 17.5 Å². The lowest BCUT2D eigenvalue weighted by Crippen LogP contribution is -2.15. The summed E-state index contributed by atoms with van der Waals surface area (Å²) in [5.41, 5.74) is 5.91. The highest BCUT2D eigenvalue weighted by molar-refractivity contribution is 5.19. The Labute approximate surface area is 80.7 Å². The normalized spacial score (nSPS) is 12.9. The predicted molar refractivity (Wildman–Crippen MR) is 48.3 cm³/mol. The number of halogens is 3. The van der Waals surface area contributed by atoms with Crippen LogP contribution in [0.3, 0.4) is 0 Å². The van der Waals surface area contributed by atoms with Gasteiger partial charge in [-0.25, -0.2) is 13.2 Å². The maximum atomic E-state index is 12.7. The van der Waals surface area contributed by atoms with Crippen LogP contribution in [-0.2, 0) is 6.42 Å². The summed E-state index contributed by atoms with van der Waals surface area (Å²) < 4.78 is 38.0. The Hall–Kier alpha value is -1.03. The van der Waals surface area contributed by atoms with Crippen LogP contribution in [0.15, 0.2) is 12.1 Å². The summed E-state index contributed by atoms with van der Waals surface area (Å²) in [4.78, 5) is 0. The van der Waals surface area contributed by atoms with Crippen molar-refractivity contribution in [3.8, 4) is 0 Å². The van der Waals surface area contributed by atoms with Crippen LogP contribution in [0.25, 0.3) is 0 Å². The molecule has 0 bridgehead atoms. The second-order valence-electron chi connectivity index (χ2n) is 3.39. The highest BCUT2D eigenvalue weighted by Crippen LogP contribution is 2.15. The van der Waals surface area contributed by atoms with E-state index < -0.39 is 17.5 Å². The molecule has 1 nitrogen and oxygen atoms in total. The fourth-order valence-corrected chi connectivity index (χ4v) is 1.15. The molecule has 0 aliphatic carbocycles. The molecule has 2 N–H and O–H groups in total. The molecule has 4 heteroatoms. The van der Waals surface area contributed by atoms with E-state index in [0.717, 1.165) is 12.1 Å². The maximum Gasteiger partial charge on any atom is 0.194 e. The first-order valence-corrected chi connectivity index (χ1v) is 4.39.